The van der Waals surface area contributed by atoms with E-state index in [-0.39, 0.29) is 5.85 Å². The third kappa shape index (κ3) is 4.29. The molecule has 0 heterocycles. The zero-order valence-corrected chi connectivity index (χ0v) is 6.22. The van der Waals surface area contributed by atoms with E-state index in [0.717, 1.165) is 12.6 Å². The fourth-order valence-electron chi connectivity index (χ4n) is 0.477. The molecule has 0 aromatic heterocycles. The second kappa shape index (κ2) is 5.27. The smallest absolute Gasteiger partial charge is 0.0736 e. The number of rotatable bonds is 4. The van der Waals surface area contributed by atoms with Crippen molar-refractivity contribution in [2.24, 2.45) is 0 Å². The molecule has 1 nitrogen and oxygen atoms in total. The fourth-order valence-corrected chi connectivity index (χ4v) is 1.28. The van der Waals surface area contributed by atoms with Gasteiger partial charge in [-0.15, -0.1) is 6.58 Å². The van der Waals surface area contributed by atoms with Crippen LogP contribution in [0.4, 0.5) is 0 Å². The van der Waals surface area contributed by atoms with Crippen LogP contribution in [0.2, 0.25) is 0 Å². The lowest BCUT2D eigenvalue weighted by Crippen LogP contribution is -1.95. The Balaban J connectivity index is 3.03. The number of hydrogen-bond acceptors (Lipinski definition) is 1. The van der Waals surface area contributed by atoms with E-state index in [1.54, 1.807) is 6.08 Å². The molecule has 0 aliphatic carbocycles. The molecule has 0 rings (SSSR count). The Morgan fingerprint density at radius 2 is 2.50 bits per heavy atom. The summed E-state index contributed by atoms with van der Waals surface area (Å²) in [5.41, 5.74) is 0. The van der Waals surface area contributed by atoms with Gasteiger partial charge in [0.15, 0.2) is 0 Å². The van der Waals surface area contributed by atoms with E-state index < -0.39 is 0 Å². The Labute approximate surface area is 52.6 Å². The summed E-state index contributed by atoms with van der Waals surface area (Å²) in [6, 6.07) is 0. The van der Waals surface area contributed by atoms with Crippen LogP contribution in [0.5, 0.6) is 0 Å². The fraction of sp³-hybridized carbons (Fsp3) is 0.667. The first-order valence-corrected chi connectivity index (χ1v) is 4.12. The lowest BCUT2D eigenvalue weighted by Gasteiger charge is -2.03. The van der Waals surface area contributed by atoms with E-state index in [4.69, 9.17) is 5.11 Å². The number of aliphatic hydroxyl groups is 1. The molecule has 2 atom stereocenters. The summed E-state index contributed by atoms with van der Waals surface area (Å²) in [6.45, 7) is 5.60. The van der Waals surface area contributed by atoms with Crippen LogP contribution in [0.25, 0.3) is 0 Å². The minimum Gasteiger partial charge on any atom is -0.389 e. The van der Waals surface area contributed by atoms with E-state index in [1.165, 1.54) is 0 Å². The second-order valence-electron chi connectivity index (χ2n) is 1.60. The van der Waals surface area contributed by atoms with Crippen molar-refractivity contribution in [1.82, 2.24) is 0 Å². The molecular weight excluding hydrogens is 119 g/mol. The Morgan fingerprint density at radius 1 is 1.88 bits per heavy atom. The SMILES string of the molecule is C=CCC(O)PCC. The lowest BCUT2D eigenvalue weighted by molar-refractivity contribution is 0.264. The Bertz CT molecular complexity index is 63.5. The quantitative estimate of drug-likeness (QED) is 0.454. The molecule has 0 spiro atoms. The van der Waals surface area contributed by atoms with Crippen LogP contribution in [0.1, 0.15) is 13.3 Å². The van der Waals surface area contributed by atoms with Gasteiger partial charge in [-0.1, -0.05) is 21.6 Å². The third-order valence-corrected chi connectivity index (χ3v) is 1.94. The third-order valence-electron chi connectivity index (χ3n) is 0.830. The molecule has 0 aromatic rings. The molecule has 0 amide bonds. The summed E-state index contributed by atoms with van der Waals surface area (Å²) in [5, 5.41) is 8.99. The van der Waals surface area contributed by atoms with Gasteiger partial charge in [-0.05, 0) is 12.6 Å². The van der Waals surface area contributed by atoms with Crippen molar-refractivity contribution in [3.05, 3.63) is 12.7 Å². The normalized spacial score (nSPS) is 14.8. The van der Waals surface area contributed by atoms with Gasteiger partial charge in [0.1, 0.15) is 0 Å². The van der Waals surface area contributed by atoms with Gasteiger partial charge in [0.05, 0.1) is 5.85 Å². The summed E-state index contributed by atoms with van der Waals surface area (Å²) >= 11 is 0. The monoisotopic (exact) mass is 132 g/mol. The summed E-state index contributed by atoms with van der Waals surface area (Å²) < 4.78 is 0. The molecule has 0 aromatic carbocycles. The second-order valence-corrected chi connectivity index (χ2v) is 3.38. The topological polar surface area (TPSA) is 20.2 Å². The summed E-state index contributed by atoms with van der Waals surface area (Å²) in [4.78, 5) is 0. The maximum absolute atomic E-state index is 8.99. The van der Waals surface area contributed by atoms with Gasteiger partial charge in [0.25, 0.3) is 0 Å². The van der Waals surface area contributed by atoms with Gasteiger partial charge in [0, 0.05) is 0 Å². The zero-order valence-electron chi connectivity index (χ0n) is 5.22. The van der Waals surface area contributed by atoms with Crippen molar-refractivity contribution >= 4 is 8.58 Å². The minimum absolute atomic E-state index is 0.127. The van der Waals surface area contributed by atoms with Crippen molar-refractivity contribution < 1.29 is 5.11 Å². The minimum atomic E-state index is -0.127. The Kier molecular flexibility index (Phi) is 5.36. The van der Waals surface area contributed by atoms with Crippen molar-refractivity contribution in [3.8, 4) is 0 Å². The molecule has 0 fully saturated rings. The lowest BCUT2D eigenvalue weighted by atomic mass is 10.5. The molecule has 0 saturated heterocycles. The van der Waals surface area contributed by atoms with E-state index >= 15 is 0 Å². The summed E-state index contributed by atoms with van der Waals surface area (Å²) in [5.74, 6) is -0.127. The predicted octanol–water partition coefficient (Wildman–Crippen LogP) is 1.58. The van der Waals surface area contributed by atoms with Crippen LogP contribution in [0, 0.1) is 0 Å². The van der Waals surface area contributed by atoms with Crippen LogP contribution < -0.4 is 0 Å². The molecule has 2 heteroatoms. The molecule has 0 aliphatic rings. The first kappa shape index (κ1) is 8.13. The number of hydrogen-bond donors (Lipinski definition) is 1. The Morgan fingerprint density at radius 3 is 2.88 bits per heavy atom. The molecular formula is C6H13OP. The van der Waals surface area contributed by atoms with Crippen LogP contribution in [0.15, 0.2) is 12.7 Å². The Hall–Kier alpha value is 0.130. The van der Waals surface area contributed by atoms with E-state index in [0.29, 0.717) is 8.58 Å². The largest absolute Gasteiger partial charge is 0.389 e. The van der Waals surface area contributed by atoms with Crippen molar-refractivity contribution in [2.75, 3.05) is 6.16 Å². The van der Waals surface area contributed by atoms with Gasteiger partial charge in [-0.25, -0.2) is 0 Å². The molecule has 8 heavy (non-hydrogen) atoms. The average molecular weight is 132 g/mol. The number of aliphatic hydroxyl groups excluding tert-OH is 1. The van der Waals surface area contributed by atoms with Gasteiger partial charge in [0.2, 0.25) is 0 Å². The van der Waals surface area contributed by atoms with Crippen molar-refractivity contribution in [3.63, 3.8) is 0 Å². The van der Waals surface area contributed by atoms with Gasteiger partial charge in [-0.2, -0.15) is 0 Å². The molecule has 1 N–H and O–H groups in total. The van der Waals surface area contributed by atoms with Gasteiger partial charge >= 0.3 is 0 Å². The maximum atomic E-state index is 8.99. The molecule has 0 aliphatic heterocycles. The molecule has 0 bridgehead atoms. The highest BCUT2D eigenvalue weighted by atomic mass is 31.1. The molecule has 0 saturated carbocycles. The summed E-state index contributed by atoms with van der Waals surface area (Å²) in [7, 11) is 0.680. The van der Waals surface area contributed by atoms with Crippen LogP contribution in [-0.4, -0.2) is 17.1 Å². The highest BCUT2D eigenvalue weighted by Gasteiger charge is 1.95. The van der Waals surface area contributed by atoms with Crippen molar-refractivity contribution in [2.45, 2.75) is 19.2 Å². The van der Waals surface area contributed by atoms with Crippen LogP contribution in [-0.2, 0) is 0 Å². The standard InChI is InChI=1S/C6H13OP/c1-3-5-6(7)8-4-2/h3,6-8H,1,4-5H2,2H3. The van der Waals surface area contributed by atoms with Crippen LogP contribution >= 0.6 is 8.58 Å². The predicted molar refractivity (Wildman–Crippen MR) is 39.7 cm³/mol. The zero-order chi connectivity index (χ0) is 6.41. The highest BCUT2D eigenvalue weighted by molar-refractivity contribution is 7.38. The molecule has 48 valence electrons. The highest BCUT2D eigenvalue weighted by Crippen LogP contribution is 2.17. The first-order chi connectivity index (χ1) is 3.81. The summed E-state index contributed by atoms with van der Waals surface area (Å²) in [6.07, 6.45) is 3.58. The van der Waals surface area contributed by atoms with E-state index in [2.05, 4.69) is 13.5 Å². The van der Waals surface area contributed by atoms with Crippen LogP contribution in [0.3, 0.4) is 0 Å². The van der Waals surface area contributed by atoms with E-state index in [9.17, 15) is 0 Å². The molecule has 2 unspecified atom stereocenters. The maximum Gasteiger partial charge on any atom is 0.0736 e. The van der Waals surface area contributed by atoms with E-state index in [1.807, 2.05) is 0 Å². The van der Waals surface area contributed by atoms with Gasteiger partial charge in [-0.3, -0.25) is 0 Å². The molecule has 0 radical (unpaired) electrons. The van der Waals surface area contributed by atoms with Gasteiger partial charge < -0.3 is 5.11 Å². The average Bonchev–Trinajstić information content (AvgIpc) is 1.68. The van der Waals surface area contributed by atoms with Crippen molar-refractivity contribution in [1.29, 1.82) is 0 Å². The first-order valence-electron chi connectivity index (χ1n) is 2.83.